The van der Waals surface area contributed by atoms with Crippen LogP contribution in [0.25, 0.3) is 0 Å². The molecule has 0 saturated carbocycles. The molecular weight excluding hydrogens is 298 g/mol. The van der Waals surface area contributed by atoms with Crippen LogP contribution in [0, 0.1) is 0 Å². The van der Waals surface area contributed by atoms with Crippen LogP contribution in [0.3, 0.4) is 0 Å². The summed E-state index contributed by atoms with van der Waals surface area (Å²) in [6.45, 7) is 4.20. The molecule has 1 fully saturated rings. The first kappa shape index (κ1) is 15.3. The monoisotopic (exact) mass is 317 g/mol. The SMILES string of the molecule is O=C(c1n[nH]c(=O)[nH]1)N1CCN(CCOc2ccccc2)CC1. The third-order valence-electron chi connectivity index (χ3n) is 3.78. The predicted molar refractivity (Wildman–Crippen MR) is 83.5 cm³/mol. The fourth-order valence-corrected chi connectivity index (χ4v) is 2.51. The van der Waals surface area contributed by atoms with Crippen molar-refractivity contribution in [3.63, 3.8) is 0 Å². The number of para-hydroxylation sites is 1. The molecule has 0 aliphatic carbocycles. The Morgan fingerprint density at radius 1 is 1.17 bits per heavy atom. The fraction of sp³-hybridized carbons (Fsp3) is 0.400. The molecule has 0 spiro atoms. The summed E-state index contributed by atoms with van der Waals surface area (Å²) in [6.07, 6.45) is 0. The molecule has 0 atom stereocenters. The molecule has 1 aliphatic heterocycles. The zero-order valence-electron chi connectivity index (χ0n) is 12.7. The average molecular weight is 317 g/mol. The van der Waals surface area contributed by atoms with Gasteiger partial charge in [0.15, 0.2) is 0 Å². The summed E-state index contributed by atoms with van der Waals surface area (Å²) in [5.41, 5.74) is -0.468. The van der Waals surface area contributed by atoms with Gasteiger partial charge in [-0.25, -0.2) is 9.89 Å². The second-order valence-corrected chi connectivity index (χ2v) is 5.32. The van der Waals surface area contributed by atoms with Crippen LogP contribution >= 0.6 is 0 Å². The Hall–Kier alpha value is -2.61. The average Bonchev–Trinajstić information content (AvgIpc) is 3.02. The molecule has 8 nitrogen and oxygen atoms in total. The number of rotatable bonds is 5. The lowest BCUT2D eigenvalue weighted by atomic mass is 10.3. The Morgan fingerprint density at radius 3 is 2.57 bits per heavy atom. The van der Waals surface area contributed by atoms with E-state index in [9.17, 15) is 9.59 Å². The first-order chi connectivity index (χ1) is 11.2. The van der Waals surface area contributed by atoms with E-state index in [1.807, 2.05) is 30.3 Å². The lowest BCUT2D eigenvalue weighted by Crippen LogP contribution is -2.49. The zero-order valence-corrected chi connectivity index (χ0v) is 12.7. The number of carbonyl (C=O) groups excluding carboxylic acids is 1. The van der Waals surface area contributed by atoms with E-state index in [2.05, 4.69) is 20.1 Å². The van der Waals surface area contributed by atoms with Gasteiger partial charge in [-0.15, -0.1) is 5.10 Å². The van der Waals surface area contributed by atoms with Crippen molar-refractivity contribution in [2.24, 2.45) is 0 Å². The highest BCUT2D eigenvalue weighted by Crippen LogP contribution is 2.09. The largest absolute Gasteiger partial charge is 0.492 e. The number of nitrogens with zero attached hydrogens (tertiary/aromatic N) is 3. The minimum Gasteiger partial charge on any atom is -0.492 e. The minimum absolute atomic E-state index is 0.0656. The summed E-state index contributed by atoms with van der Waals surface area (Å²) in [7, 11) is 0. The van der Waals surface area contributed by atoms with Crippen molar-refractivity contribution < 1.29 is 9.53 Å². The number of hydrogen-bond donors (Lipinski definition) is 2. The number of hydrogen-bond acceptors (Lipinski definition) is 5. The number of benzene rings is 1. The van der Waals surface area contributed by atoms with Gasteiger partial charge in [0.1, 0.15) is 12.4 Å². The molecule has 2 N–H and O–H groups in total. The van der Waals surface area contributed by atoms with Crippen LogP contribution in [0.2, 0.25) is 0 Å². The van der Waals surface area contributed by atoms with Gasteiger partial charge >= 0.3 is 5.69 Å². The van der Waals surface area contributed by atoms with Crippen LogP contribution in [0.1, 0.15) is 10.6 Å². The summed E-state index contributed by atoms with van der Waals surface area (Å²) >= 11 is 0. The van der Waals surface area contributed by atoms with E-state index in [-0.39, 0.29) is 11.7 Å². The van der Waals surface area contributed by atoms with Crippen LogP contribution in [-0.2, 0) is 0 Å². The number of nitrogens with one attached hydrogen (secondary N) is 2. The molecule has 2 aromatic rings. The van der Waals surface area contributed by atoms with Crippen LogP contribution in [0.15, 0.2) is 35.1 Å². The summed E-state index contributed by atoms with van der Waals surface area (Å²) in [5, 5.41) is 5.88. The fourth-order valence-electron chi connectivity index (χ4n) is 2.51. The zero-order chi connectivity index (χ0) is 16.1. The number of aromatic nitrogens is 3. The normalized spacial score (nSPS) is 15.6. The molecule has 1 saturated heterocycles. The second-order valence-electron chi connectivity index (χ2n) is 5.32. The molecule has 1 aromatic carbocycles. The maximum Gasteiger partial charge on any atom is 0.341 e. The number of H-pyrrole nitrogens is 2. The van der Waals surface area contributed by atoms with E-state index in [4.69, 9.17) is 4.74 Å². The van der Waals surface area contributed by atoms with E-state index < -0.39 is 5.69 Å². The van der Waals surface area contributed by atoms with Gasteiger partial charge in [0, 0.05) is 32.7 Å². The number of ether oxygens (including phenoxy) is 1. The molecule has 23 heavy (non-hydrogen) atoms. The quantitative estimate of drug-likeness (QED) is 0.805. The van der Waals surface area contributed by atoms with Crippen LogP contribution in [0.4, 0.5) is 0 Å². The van der Waals surface area contributed by atoms with Gasteiger partial charge < -0.3 is 9.64 Å². The Kier molecular flexibility index (Phi) is 4.72. The standard InChI is InChI=1S/C15H19N5O3/c21-14(13-16-15(22)18-17-13)20-8-6-19(7-9-20)10-11-23-12-4-2-1-3-5-12/h1-5H,6-11H2,(H2,16,17,18,22). The Labute approximate surface area is 133 Å². The van der Waals surface area contributed by atoms with Crippen molar-refractivity contribution in [2.45, 2.75) is 0 Å². The van der Waals surface area contributed by atoms with Gasteiger partial charge in [-0.1, -0.05) is 18.2 Å². The summed E-state index contributed by atoms with van der Waals surface area (Å²) in [6, 6.07) is 9.70. The lowest BCUT2D eigenvalue weighted by Gasteiger charge is -2.34. The van der Waals surface area contributed by atoms with Gasteiger partial charge in [-0.05, 0) is 12.1 Å². The van der Waals surface area contributed by atoms with Gasteiger partial charge in [0.25, 0.3) is 5.91 Å². The van der Waals surface area contributed by atoms with Crippen molar-refractivity contribution in [1.82, 2.24) is 25.0 Å². The highest BCUT2D eigenvalue weighted by Gasteiger charge is 2.23. The lowest BCUT2D eigenvalue weighted by molar-refractivity contribution is 0.0609. The molecule has 0 bridgehead atoms. The Balaban J connectivity index is 1.42. The summed E-state index contributed by atoms with van der Waals surface area (Å²) in [4.78, 5) is 29.5. The van der Waals surface area contributed by atoms with Crippen LogP contribution in [0.5, 0.6) is 5.75 Å². The second kappa shape index (κ2) is 7.10. The molecule has 3 rings (SSSR count). The maximum atomic E-state index is 12.1. The van der Waals surface area contributed by atoms with Crippen molar-refractivity contribution in [2.75, 3.05) is 39.3 Å². The first-order valence-corrected chi connectivity index (χ1v) is 7.56. The van der Waals surface area contributed by atoms with Crippen LogP contribution < -0.4 is 10.4 Å². The van der Waals surface area contributed by atoms with E-state index in [1.54, 1.807) is 4.90 Å². The highest BCUT2D eigenvalue weighted by molar-refractivity contribution is 5.90. The van der Waals surface area contributed by atoms with Crippen molar-refractivity contribution >= 4 is 5.91 Å². The van der Waals surface area contributed by atoms with Gasteiger partial charge in [0.2, 0.25) is 5.82 Å². The minimum atomic E-state index is -0.468. The summed E-state index contributed by atoms with van der Waals surface area (Å²) in [5.74, 6) is 0.684. The number of amides is 1. The molecule has 2 heterocycles. The van der Waals surface area contributed by atoms with Gasteiger partial charge in [-0.2, -0.15) is 0 Å². The van der Waals surface area contributed by atoms with E-state index >= 15 is 0 Å². The van der Waals surface area contributed by atoms with E-state index in [0.29, 0.717) is 19.7 Å². The van der Waals surface area contributed by atoms with Crippen molar-refractivity contribution in [3.8, 4) is 5.75 Å². The number of aromatic amines is 2. The predicted octanol–water partition coefficient (Wildman–Crippen LogP) is -0.0652. The van der Waals surface area contributed by atoms with Crippen molar-refractivity contribution in [1.29, 1.82) is 0 Å². The Morgan fingerprint density at radius 2 is 1.91 bits per heavy atom. The van der Waals surface area contributed by atoms with Gasteiger partial charge in [-0.3, -0.25) is 14.7 Å². The Bertz CT molecular complexity index is 688. The van der Waals surface area contributed by atoms with E-state index in [0.717, 1.165) is 25.4 Å². The topological polar surface area (TPSA) is 94.3 Å². The smallest absolute Gasteiger partial charge is 0.341 e. The molecular formula is C15H19N5O3. The third-order valence-corrected chi connectivity index (χ3v) is 3.78. The van der Waals surface area contributed by atoms with E-state index in [1.165, 1.54) is 0 Å². The molecule has 0 unspecified atom stereocenters. The number of carbonyl (C=O) groups is 1. The third kappa shape index (κ3) is 3.98. The molecule has 1 aliphatic rings. The maximum absolute atomic E-state index is 12.1. The van der Waals surface area contributed by atoms with Gasteiger partial charge in [0.05, 0.1) is 0 Å². The van der Waals surface area contributed by atoms with Crippen LogP contribution in [-0.4, -0.2) is 70.2 Å². The molecule has 1 aromatic heterocycles. The van der Waals surface area contributed by atoms with Crippen molar-refractivity contribution in [3.05, 3.63) is 46.6 Å². The molecule has 1 amide bonds. The highest BCUT2D eigenvalue weighted by atomic mass is 16.5. The molecule has 0 radical (unpaired) electrons. The number of piperazine rings is 1. The molecule has 122 valence electrons. The summed E-state index contributed by atoms with van der Waals surface area (Å²) < 4.78 is 5.68. The molecule has 8 heteroatoms. The first-order valence-electron chi connectivity index (χ1n) is 7.56.